The normalized spacial score (nSPS) is 15.5. The van der Waals surface area contributed by atoms with Gasteiger partial charge in [-0.1, -0.05) is 41.9 Å². The summed E-state index contributed by atoms with van der Waals surface area (Å²) in [7, 11) is 1.42. The van der Waals surface area contributed by atoms with Crippen LogP contribution in [0.5, 0.6) is 5.75 Å². The van der Waals surface area contributed by atoms with Crippen LogP contribution in [0.25, 0.3) is 0 Å². The quantitative estimate of drug-likeness (QED) is 0.559. The van der Waals surface area contributed by atoms with E-state index in [4.69, 9.17) is 26.8 Å². The molecule has 1 fully saturated rings. The van der Waals surface area contributed by atoms with Gasteiger partial charge in [-0.15, -0.1) is 0 Å². The fourth-order valence-electron chi connectivity index (χ4n) is 3.40. The summed E-state index contributed by atoms with van der Waals surface area (Å²) in [6, 6.07) is 13.1. The molecule has 1 unspecified atom stereocenters. The maximum Gasteiger partial charge on any atom is 0.342 e. The van der Waals surface area contributed by atoms with Crippen LogP contribution in [0.2, 0.25) is 5.02 Å². The van der Waals surface area contributed by atoms with E-state index >= 15 is 0 Å². The zero-order valence-corrected chi connectivity index (χ0v) is 17.9. The van der Waals surface area contributed by atoms with Crippen molar-refractivity contribution >= 4 is 29.2 Å². The lowest BCUT2D eigenvalue weighted by atomic mass is 10.1. The van der Waals surface area contributed by atoms with Gasteiger partial charge in [0.1, 0.15) is 11.3 Å². The first-order valence-corrected chi connectivity index (χ1v) is 10.2. The third kappa shape index (κ3) is 5.23. The number of piperazine rings is 1. The third-order valence-corrected chi connectivity index (χ3v) is 5.43. The minimum atomic E-state index is -0.917. The molecule has 0 saturated carbocycles. The molecule has 2 N–H and O–H groups in total. The van der Waals surface area contributed by atoms with Gasteiger partial charge in [0.15, 0.2) is 6.10 Å². The SMILES string of the molecule is COc1cc(N)c(Cl)cc1C(=O)OC(C)C(=O)N1CCN(Cc2ccccc2)CC1. The van der Waals surface area contributed by atoms with Crippen molar-refractivity contribution < 1.29 is 19.1 Å². The molecular formula is C22H26ClN3O4. The Balaban J connectivity index is 1.55. The summed E-state index contributed by atoms with van der Waals surface area (Å²) < 4.78 is 10.6. The van der Waals surface area contributed by atoms with Crippen LogP contribution in [0.15, 0.2) is 42.5 Å². The number of hydrogen-bond acceptors (Lipinski definition) is 6. The number of methoxy groups -OCH3 is 1. The largest absolute Gasteiger partial charge is 0.496 e. The fraction of sp³-hybridized carbons (Fsp3) is 0.364. The summed E-state index contributed by atoms with van der Waals surface area (Å²) in [6.45, 7) is 5.13. The van der Waals surface area contributed by atoms with Crippen LogP contribution in [0.4, 0.5) is 5.69 Å². The van der Waals surface area contributed by atoms with Crippen LogP contribution in [-0.2, 0) is 16.1 Å². The van der Waals surface area contributed by atoms with E-state index in [-0.39, 0.29) is 22.2 Å². The Morgan fingerprint density at radius 3 is 2.43 bits per heavy atom. The molecule has 0 radical (unpaired) electrons. The Labute approximate surface area is 181 Å². The molecule has 30 heavy (non-hydrogen) atoms. The summed E-state index contributed by atoms with van der Waals surface area (Å²) in [5, 5.41) is 0.219. The molecule has 7 nitrogen and oxygen atoms in total. The summed E-state index contributed by atoms with van der Waals surface area (Å²) in [5.41, 5.74) is 7.41. The number of nitrogen functional groups attached to an aromatic ring is 1. The van der Waals surface area contributed by atoms with Crippen molar-refractivity contribution in [1.82, 2.24) is 9.80 Å². The molecule has 0 bridgehead atoms. The van der Waals surface area contributed by atoms with Crippen molar-refractivity contribution in [2.45, 2.75) is 19.6 Å². The van der Waals surface area contributed by atoms with Crippen LogP contribution in [0.1, 0.15) is 22.8 Å². The Morgan fingerprint density at radius 2 is 1.80 bits per heavy atom. The molecule has 0 spiro atoms. The van der Waals surface area contributed by atoms with Gasteiger partial charge in [0.25, 0.3) is 5.91 Å². The lowest BCUT2D eigenvalue weighted by Crippen LogP contribution is -2.51. The van der Waals surface area contributed by atoms with Crippen LogP contribution >= 0.6 is 11.6 Å². The number of rotatable bonds is 6. The minimum Gasteiger partial charge on any atom is -0.496 e. The van der Waals surface area contributed by atoms with E-state index < -0.39 is 12.1 Å². The van der Waals surface area contributed by atoms with Gasteiger partial charge in [-0.2, -0.15) is 0 Å². The van der Waals surface area contributed by atoms with Gasteiger partial charge >= 0.3 is 5.97 Å². The Kier molecular flexibility index (Phi) is 7.18. The highest BCUT2D eigenvalue weighted by atomic mass is 35.5. The van der Waals surface area contributed by atoms with E-state index in [0.29, 0.717) is 18.8 Å². The second-order valence-corrected chi connectivity index (χ2v) is 7.62. The number of ether oxygens (including phenoxy) is 2. The van der Waals surface area contributed by atoms with Crippen molar-refractivity contribution in [3.8, 4) is 5.75 Å². The molecule has 3 rings (SSSR count). The summed E-state index contributed by atoms with van der Waals surface area (Å²) in [4.78, 5) is 29.3. The molecule has 160 valence electrons. The molecule has 0 aliphatic carbocycles. The van der Waals surface area contributed by atoms with E-state index in [1.165, 1.54) is 24.8 Å². The third-order valence-electron chi connectivity index (χ3n) is 5.10. The summed E-state index contributed by atoms with van der Waals surface area (Å²) in [6.07, 6.45) is -0.917. The molecule has 8 heteroatoms. The van der Waals surface area contributed by atoms with E-state index in [9.17, 15) is 9.59 Å². The number of nitrogens with two attached hydrogens (primary N) is 1. The predicted molar refractivity (Wildman–Crippen MR) is 116 cm³/mol. The number of carbonyl (C=O) groups is 2. The second kappa shape index (κ2) is 9.82. The number of esters is 1. The van der Waals surface area contributed by atoms with Gasteiger partial charge in [-0.05, 0) is 18.6 Å². The number of nitrogens with zero attached hydrogens (tertiary/aromatic N) is 2. The van der Waals surface area contributed by atoms with Gasteiger partial charge in [0.05, 0.1) is 17.8 Å². The molecule has 1 amide bonds. The van der Waals surface area contributed by atoms with Gasteiger partial charge in [0, 0.05) is 38.8 Å². The zero-order valence-electron chi connectivity index (χ0n) is 17.1. The number of hydrogen-bond donors (Lipinski definition) is 1. The lowest BCUT2D eigenvalue weighted by molar-refractivity contribution is -0.141. The first kappa shape index (κ1) is 21.9. The van der Waals surface area contributed by atoms with E-state index in [1.807, 2.05) is 18.2 Å². The molecule has 2 aromatic carbocycles. The van der Waals surface area contributed by atoms with Crippen molar-refractivity contribution in [2.75, 3.05) is 39.0 Å². The minimum absolute atomic E-state index is 0.129. The topological polar surface area (TPSA) is 85.1 Å². The van der Waals surface area contributed by atoms with Gasteiger partial charge in [0.2, 0.25) is 0 Å². The molecule has 0 aromatic heterocycles. The highest BCUT2D eigenvalue weighted by molar-refractivity contribution is 6.33. The Bertz CT molecular complexity index is 899. The first-order chi connectivity index (χ1) is 14.4. The molecular weight excluding hydrogens is 406 g/mol. The van der Waals surface area contributed by atoms with Gasteiger partial charge < -0.3 is 20.1 Å². The van der Waals surface area contributed by atoms with Gasteiger partial charge in [-0.25, -0.2) is 4.79 Å². The van der Waals surface area contributed by atoms with Crippen LogP contribution < -0.4 is 10.5 Å². The van der Waals surface area contributed by atoms with Crippen LogP contribution in [0.3, 0.4) is 0 Å². The highest BCUT2D eigenvalue weighted by Crippen LogP contribution is 2.29. The predicted octanol–water partition coefficient (Wildman–Crippen LogP) is 2.82. The average molecular weight is 432 g/mol. The summed E-state index contributed by atoms with van der Waals surface area (Å²) >= 11 is 6.01. The highest BCUT2D eigenvalue weighted by Gasteiger charge is 2.28. The molecule has 1 saturated heterocycles. The molecule has 1 atom stereocenters. The van der Waals surface area contributed by atoms with Crippen molar-refractivity contribution in [1.29, 1.82) is 0 Å². The fourth-order valence-corrected chi connectivity index (χ4v) is 3.56. The Morgan fingerprint density at radius 1 is 1.13 bits per heavy atom. The van der Waals surface area contributed by atoms with E-state index in [2.05, 4.69) is 17.0 Å². The standard InChI is InChI=1S/C22H26ClN3O4/c1-15(30-22(28)17-12-18(23)19(24)13-20(17)29-2)21(27)26-10-8-25(9-11-26)14-16-6-4-3-5-7-16/h3-7,12-13,15H,8-11,14,24H2,1-2H3. The van der Waals surface area contributed by atoms with Crippen LogP contribution in [-0.4, -0.2) is 61.1 Å². The Hall–Kier alpha value is -2.77. The maximum absolute atomic E-state index is 12.8. The smallest absolute Gasteiger partial charge is 0.342 e. The first-order valence-electron chi connectivity index (χ1n) is 9.78. The number of amides is 1. The number of anilines is 1. The number of halogens is 1. The number of benzene rings is 2. The zero-order chi connectivity index (χ0) is 21.7. The van der Waals surface area contributed by atoms with Crippen molar-refractivity contribution in [3.63, 3.8) is 0 Å². The van der Waals surface area contributed by atoms with Gasteiger partial charge in [-0.3, -0.25) is 9.69 Å². The molecule has 1 aliphatic rings. The van der Waals surface area contributed by atoms with E-state index in [1.54, 1.807) is 11.8 Å². The van der Waals surface area contributed by atoms with Crippen molar-refractivity contribution in [2.24, 2.45) is 0 Å². The maximum atomic E-state index is 12.8. The molecule has 1 heterocycles. The molecule has 2 aromatic rings. The monoisotopic (exact) mass is 431 g/mol. The van der Waals surface area contributed by atoms with E-state index in [0.717, 1.165) is 19.6 Å². The lowest BCUT2D eigenvalue weighted by Gasteiger charge is -2.35. The number of carbonyl (C=O) groups excluding carboxylic acids is 2. The second-order valence-electron chi connectivity index (χ2n) is 7.21. The van der Waals surface area contributed by atoms with Crippen LogP contribution in [0, 0.1) is 0 Å². The average Bonchev–Trinajstić information content (AvgIpc) is 2.76. The van der Waals surface area contributed by atoms with Crippen molar-refractivity contribution in [3.05, 3.63) is 58.6 Å². The molecule has 1 aliphatic heterocycles. The summed E-state index contributed by atoms with van der Waals surface area (Å²) in [5.74, 6) is -0.656.